The van der Waals surface area contributed by atoms with E-state index in [1.54, 1.807) is 6.20 Å². The summed E-state index contributed by atoms with van der Waals surface area (Å²) in [5.41, 5.74) is 4.49. The molecular weight excluding hydrogens is 346 g/mol. The Morgan fingerprint density at radius 3 is 2.15 bits per heavy atom. The average Bonchev–Trinajstić information content (AvgIpc) is 3.44. The quantitative estimate of drug-likeness (QED) is 0.546. The van der Waals surface area contributed by atoms with Gasteiger partial charge in [-0.25, -0.2) is 4.98 Å². The molecule has 0 bridgehead atoms. The monoisotopic (exact) mass is 359 g/mol. The Morgan fingerprint density at radius 2 is 1.37 bits per heavy atom. The van der Waals surface area contributed by atoms with Crippen LogP contribution in [0.4, 0.5) is 0 Å². The van der Waals surface area contributed by atoms with Crippen molar-refractivity contribution in [2.24, 2.45) is 0 Å². The lowest BCUT2D eigenvalue weighted by atomic mass is 10.1. The largest absolute Gasteiger partial charge is 0.454 e. The molecule has 0 atom stereocenters. The standard InChI is InChI=1S/C20H13N3O4/c1-3-16-18(26-10-24-16)5-12(1)14-9-23-15(7-22-20(23)8-21-14)13-2-4-17-19(6-13)27-11-25-17/h1-9H,10-11H2. The van der Waals surface area contributed by atoms with Crippen molar-refractivity contribution in [2.45, 2.75) is 0 Å². The summed E-state index contributed by atoms with van der Waals surface area (Å²) in [4.78, 5) is 9.01. The van der Waals surface area contributed by atoms with E-state index in [0.717, 1.165) is 51.2 Å². The molecule has 2 aromatic carbocycles. The predicted octanol–water partition coefficient (Wildman–Crippen LogP) is 3.52. The minimum absolute atomic E-state index is 0.251. The molecule has 2 aliphatic heterocycles. The SMILES string of the molecule is c1cc2c(cc1-c1cn3c(-c4ccc5c(c4)OCO5)cnc3cn1)OCO2. The zero-order valence-electron chi connectivity index (χ0n) is 14.1. The van der Waals surface area contributed by atoms with Crippen molar-refractivity contribution in [3.8, 4) is 45.5 Å². The molecule has 2 aliphatic rings. The third-order valence-electron chi connectivity index (χ3n) is 4.73. The summed E-state index contributed by atoms with van der Waals surface area (Å²) in [6.07, 6.45) is 5.56. The molecule has 7 nitrogen and oxygen atoms in total. The fourth-order valence-corrected chi connectivity index (χ4v) is 3.36. The van der Waals surface area contributed by atoms with Crippen LogP contribution in [-0.2, 0) is 0 Å². The summed E-state index contributed by atoms with van der Waals surface area (Å²) in [6.45, 7) is 0.505. The highest BCUT2D eigenvalue weighted by molar-refractivity contribution is 5.70. The average molecular weight is 359 g/mol. The third-order valence-corrected chi connectivity index (χ3v) is 4.73. The molecule has 4 aromatic rings. The summed E-state index contributed by atoms with van der Waals surface area (Å²) in [7, 11) is 0. The highest BCUT2D eigenvalue weighted by atomic mass is 16.7. The van der Waals surface area contributed by atoms with Gasteiger partial charge in [0, 0.05) is 17.3 Å². The number of imidazole rings is 1. The van der Waals surface area contributed by atoms with Crippen molar-refractivity contribution in [3.05, 3.63) is 55.0 Å². The number of aromatic nitrogens is 3. The maximum absolute atomic E-state index is 5.49. The van der Waals surface area contributed by atoms with Gasteiger partial charge in [-0.15, -0.1) is 0 Å². The van der Waals surface area contributed by atoms with Crippen LogP contribution in [0.25, 0.3) is 28.2 Å². The smallest absolute Gasteiger partial charge is 0.231 e. The number of hydrogen-bond donors (Lipinski definition) is 0. The maximum atomic E-state index is 5.49. The molecule has 0 radical (unpaired) electrons. The van der Waals surface area contributed by atoms with Gasteiger partial charge in [0.05, 0.1) is 23.8 Å². The minimum Gasteiger partial charge on any atom is -0.454 e. The number of fused-ring (bicyclic) bond motifs is 3. The summed E-state index contributed by atoms with van der Waals surface area (Å²) in [6, 6.07) is 11.7. The predicted molar refractivity (Wildman–Crippen MR) is 96.1 cm³/mol. The number of hydrogen-bond acceptors (Lipinski definition) is 6. The molecule has 6 rings (SSSR count). The lowest BCUT2D eigenvalue weighted by Crippen LogP contribution is -1.94. The first-order valence-corrected chi connectivity index (χ1v) is 8.48. The van der Waals surface area contributed by atoms with Crippen molar-refractivity contribution in [1.29, 1.82) is 0 Å². The van der Waals surface area contributed by atoms with Crippen LogP contribution in [0.1, 0.15) is 0 Å². The van der Waals surface area contributed by atoms with Crippen molar-refractivity contribution >= 4 is 5.65 Å². The molecule has 0 fully saturated rings. The van der Waals surface area contributed by atoms with E-state index < -0.39 is 0 Å². The summed E-state index contributed by atoms with van der Waals surface area (Å²) in [5, 5.41) is 0. The Hall–Kier alpha value is -3.74. The number of rotatable bonds is 2. The van der Waals surface area contributed by atoms with Crippen LogP contribution >= 0.6 is 0 Å². The third kappa shape index (κ3) is 2.21. The van der Waals surface area contributed by atoms with Crippen LogP contribution in [0.15, 0.2) is 55.0 Å². The van der Waals surface area contributed by atoms with Gasteiger partial charge < -0.3 is 18.9 Å². The zero-order valence-corrected chi connectivity index (χ0v) is 14.1. The van der Waals surface area contributed by atoms with Gasteiger partial charge in [0.1, 0.15) is 0 Å². The maximum Gasteiger partial charge on any atom is 0.231 e. The van der Waals surface area contributed by atoms with E-state index in [-0.39, 0.29) is 13.6 Å². The molecule has 0 amide bonds. The Morgan fingerprint density at radius 1 is 0.704 bits per heavy atom. The second-order valence-corrected chi connectivity index (χ2v) is 6.28. The topological polar surface area (TPSA) is 67.1 Å². The summed E-state index contributed by atoms with van der Waals surface area (Å²) >= 11 is 0. The Labute approximate surface area is 153 Å². The second kappa shape index (κ2) is 5.38. The van der Waals surface area contributed by atoms with E-state index in [9.17, 15) is 0 Å². The van der Waals surface area contributed by atoms with Gasteiger partial charge in [0.15, 0.2) is 28.6 Å². The summed E-state index contributed by atoms with van der Waals surface area (Å²) in [5.74, 6) is 2.99. The lowest BCUT2D eigenvalue weighted by molar-refractivity contribution is 0.173. The van der Waals surface area contributed by atoms with Crippen molar-refractivity contribution in [2.75, 3.05) is 13.6 Å². The van der Waals surface area contributed by atoms with E-state index in [4.69, 9.17) is 18.9 Å². The van der Waals surface area contributed by atoms with Gasteiger partial charge in [0.2, 0.25) is 13.6 Å². The number of benzene rings is 2. The lowest BCUT2D eigenvalue weighted by Gasteiger charge is -2.07. The molecule has 4 heterocycles. The molecule has 27 heavy (non-hydrogen) atoms. The van der Waals surface area contributed by atoms with E-state index >= 15 is 0 Å². The molecule has 132 valence electrons. The van der Waals surface area contributed by atoms with Gasteiger partial charge >= 0.3 is 0 Å². The van der Waals surface area contributed by atoms with E-state index in [1.165, 1.54) is 0 Å². The molecule has 0 N–H and O–H groups in total. The number of ether oxygens (including phenoxy) is 4. The van der Waals surface area contributed by atoms with Crippen molar-refractivity contribution < 1.29 is 18.9 Å². The first-order chi connectivity index (χ1) is 13.3. The van der Waals surface area contributed by atoms with Gasteiger partial charge in [-0.05, 0) is 36.4 Å². The first-order valence-electron chi connectivity index (χ1n) is 8.48. The van der Waals surface area contributed by atoms with Crippen LogP contribution in [-0.4, -0.2) is 28.0 Å². The van der Waals surface area contributed by atoms with Crippen molar-refractivity contribution in [1.82, 2.24) is 14.4 Å². The van der Waals surface area contributed by atoms with Crippen LogP contribution in [0.3, 0.4) is 0 Å². The van der Waals surface area contributed by atoms with E-state index in [2.05, 4.69) is 9.97 Å². The number of nitrogens with zero attached hydrogens (tertiary/aromatic N) is 3. The fraction of sp³-hybridized carbons (Fsp3) is 0.100. The Kier molecular flexibility index (Phi) is 2.87. The zero-order chi connectivity index (χ0) is 17.8. The normalized spacial score (nSPS) is 14.1. The first kappa shape index (κ1) is 14.4. The molecular formula is C20H13N3O4. The molecule has 7 heteroatoms. The minimum atomic E-state index is 0.251. The van der Waals surface area contributed by atoms with Gasteiger partial charge in [0.25, 0.3) is 0 Å². The fourth-order valence-electron chi connectivity index (χ4n) is 3.36. The van der Waals surface area contributed by atoms with Crippen LogP contribution in [0, 0.1) is 0 Å². The molecule has 0 saturated carbocycles. The molecule has 0 aliphatic carbocycles. The van der Waals surface area contributed by atoms with Gasteiger partial charge in [-0.1, -0.05) is 0 Å². The molecule has 2 aromatic heterocycles. The molecule has 0 saturated heterocycles. The Bertz CT molecular complexity index is 1200. The second-order valence-electron chi connectivity index (χ2n) is 6.28. The van der Waals surface area contributed by atoms with Crippen molar-refractivity contribution in [3.63, 3.8) is 0 Å². The molecule has 0 unspecified atom stereocenters. The highest BCUT2D eigenvalue weighted by Gasteiger charge is 2.17. The van der Waals surface area contributed by atoms with Crippen LogP contribution in [0.5, 0.6) is 23.0 Å². The Balaban J connectivity index is 1.47. The van der Waals surface area contributed by atoms with Crippen LogP contribution < -0.4 is 18.9 Å². The van der Waals surface area contributed by atoms with E-state index in [0.29, 0.717) is 0 Å². The molecule has 0 spiro atoms. The summed E-state index contributed by atoms with van der Waals surface area (Å²) < 4.78 is 23.8. The van der Waals surface area contributed by atoms with E-state index in [1.807, 2.05) is 53.2 Å². The van der Waals surface area contributed by atoms with Gasteiger partial charge in [-0.3, -0.25) is 9.38 Å². The van der Waals surface area contributed by atoms with Crippen LogP contribution in [0.2, 0.25) is 0 Å². The highest BCUT2D eigenvalue weighted by Crippen LogP contribution is 2.37. The van der Waals surface area contributed by atoms with Gasteiger partial charge in [-0.2, -0.15) is 0 Å².